The summed E-state index contributed by atoms with van der Waals surface area (Å²) in [7, 11) is 1.56. The Balaban J connectivity index is 2.04. The van der Waals surface area contributed by atoms with E-state index in [-0.39, 0.29) is 12.3 Å². The van der Waals surface area contributed by atoms with Gasteiger partial charge in [0.2, 0.25) is 0 Å². The topological polar surface area (TPSA) is 73.3 Å². The summed E-state index contributed by atoms with van der Waals surface area (Å²) in [6.45, 7) is 0.687. The van der Waals surface area contributed by atoms with Crippen LogP contribution in [0.5, 0.6) is 0 Å². The van der Waals surface area contributed by atoms with Gasteiger partial charge in [0.1, 0.15) is 5.69 Å². The zero-order valence-corrected chi connectivity index (χ0v) is 9.92. The predicted molar refractivity (Wildman–Crippen MR) is 64.8 cm³/mol. The normalized spacial score (nSPS) is 10.5. The lowest BCUT2D eigenvalue weighted by atomic mass is 10.3. The van der Waals surface area contributed by atoms with Crippen LogP contribution in [-0.2, 0) is 9.57 Å². The third-order valence-electron chi connectivity index (χ3n) is 2.24. The summed E-state index contributed by atoms with van der Waals surface area (Å²) in [6.07, 6.45) is 1.41. The molecule has 0 bridgehead atoms. The van der Waals surface area contributed by atoms with Crippen molar-refractivity contribution < 1.29 is 14.4 Å². The molecular weight excluding hydrogens is 234 g/mol. The lowest BCUT2D eigenvalue weighted by Crippen LogP contribution is -2.26. The van der Waals surface area contributed by atoms with Crippen molar-refractivity contribution in [3.8, 4) is 0 Å². The second-order valence-electron chi connectivity index (χ2n) is 3.52. The molecule has 2 aromatic rings. The molecule has 0 radical (unpaired) electrons. The summed E-state index contributed by atoms with van der Waals surface area (Å²) in [5, 5.41) is 0. The minimum absolute atomic E-state index is 0.214. The number of methoxy groups -OCH3 is 1. The van der Waals surface area contributed by atoms with E-state index in [0.717, 1.165) is 5.52 Å². The molecule has 6 nitrogen and oxygen atoms in total. The Hall–Kier alpha value is -2.05. The molecule has 0 atom stereocenters. The maximum Gasteiger partial charge on any atom is 0.295 e. The minimum Gasteiger partial charge on any atom is -0.382 e. The first-order valence-electron chi connectivity index (χ1n) is 5.44. The van der Waals surface area contributed by atoms with Gasteiger partial charge in [-0.05, 0) is 12.1 Å². The number of fused-ring (bicyclic) bond motifs is 1. The number of hydroxylamine groups is 1. The maximum atomic E-state index is 11.7. The Labute approximate surface area is 104 Å². The average molecular weight is 247 g/mol. The van der Waals surface area contributed by atoms with Crippen molar-refractivity contribution in [2.45, 2.75) is 0 Å². The number of rotatable bonds is 5. The molecule has 1 N–H and O–H groups in total. The Morgan fingerprint density at radius 1 is 1.28 bits per heavy atom. The molecule has 0 aliphatic heterocycles. The molecule has 0 aliphatic carbocycles. The van der Waals surface area contributed by atoms with Crippen LogP contribution < -0.4 is 5.48 Å². The number of carbonyl (C=O) groups is 1. The second kappa shape index (κ2) is 6.04. The molecule has 1 aromatic heterocycles. The summed E-state index contributed by atoms with van der Waals surface area (Å²) in [6, 6.07) is 7.34. The van der Waals surface area contributed by atoms with E-state index in [1.165, 1.54) is 6.20 Å². The summed E-state index contributed by atoms with van der Waals surface area (Å²) >= 11 is 0. The van der Waals surface area contributed by atoms with Crippen molar-refractivity contribution in [2.24, 2.45) is 0 Å². The number of para-hydroxylation sites is 2. The van der Waals surface area contributed by atoms with Crippen molar-refractivity contribution >= 4 is 16.9 Å². The quantitative estimate of drug-likeness (QED) is 0.628. The van der Waals surface area contributed by atoms with E-state index < -0.39 is 5.91 Å². The van der Waals surface area contributed by atoms with Crippen LogP contribution in [0.1, 0.15) is 10.5 Å². The van der Waals surface area contributed by atoms with Crippen LogP contribution in [0.2, 0.25) is 0 Å². The lowest BCUT2D eigenvalue weighted by molar-refractivity contribution is 0.00858. The van der Waals surface area contributed by atoms with E-state index in [1.54, 1.807) is 13.2 Å². The number of ether oxygens (including phenoxy) is 1. The Morgan fingerprint density at radius 2 is 2.06 bits per heavy atom. The zero-order valence-electron chi connectivity index (χ0n) is 9.92. The molecule has 1 aromatic carbocycles. The highest BCUT2D eigenvalue weighted by molar-refractivity contribution is 5.93. The van der Waals surface area contributed by atoms with Crippen molar-refractivity contribution in [1.29, 1.82) is 0 Å². The number of nitrogens with zero attached hydrogens (tertiary/aromatic N) is 2. The van der Waals surface area contributed by atoms with Gasteiger partial charge in [0.15, 0.2) is 0 Å². The molecular formula is C12H13N3O3. The number of hydrogen-bond donors (Lipinski definition) is 1. The van der Waals surface area contributed by atoms with E-state index in [9.17, 15) is 4.79 Å². The lowest BCUT2D eigenvalue weighted by Gasteiger charge is -2.05. The highest BCUT2D eigenvalue weighted by Crippen LogP contribution is 2.08. The highest BCUT2D eigenvalue weighted by atomic mass is 16.7. The highest BCUT2D eigenvalue weighted by Gasteiger charge is 2.08. The van der Waals surface area contributed by atoms with E-state index in [2.05, 4.69) is 15.4 Å². The van der Waals surface area contributed by atoms with Gasteiger partial charge in [0, 0.05) is 7.11 Å². The van der Waals surface area contributed by atoms with Crippen molar-refractivity contribution in [3.63, 3.8) is 0 Å². The number of hydrogen-bond acceptors (Lipinski definition) is 5. The van der Waals surface area contributed by atoms with Crippen LogP contribution in [0.15, 0.2) is 30.5 Å². The van der Waals surface area contributed by atoms with Gasteiger partial charge in [-0.15, -0.1) is 0 Å². The molecule has 6 heteroatoms. The largest absolute Gasteiger partial charge is 0.382 e. The van der Waals surface area contributed by atoms with Gasteiger partial charge in [-0.1, -0.05) is 12.1 Å². The Kier molecular flexibility index (Phi) is 4.16. The number of aromatic nitrogens is 2. The summed E-state index contributed by atoms with van der Waals surface area (Å²) in [5.41, 5.74) is 3.90. The van der Waals surface area contributed by atoms with Gasteiger partial charge < -0.3 is 4.74 Å². The Morgan fingerprint density at radius 3 is 2.83 bits per heavy atom. The number of benzene rings is 1. The third-order valence-corrected chi connectivity index (χ3v) is 2.24. The molecule has 1 heterocycles. The number of carbonyl (C=O) groups excluding carboxylic acids is 1. The van der Waals surface area contributed by atoms with Crippen LogP contribution >= 0.6 is 0 Å². The third kappa shape index (κ3) is 2.99. The van der Waals surface area contributed by atoms with E-state index in [0.29, 0.717) is 12.1 Å². The standard InChI is InChI=1S/C12H13N3O3/c1-17-6-7-18-15-12(16)11-8-13-9-4-2-3-5-10(9)14-11/h2-5,8H,6-7H2,1H3,(H,15,16). The first-order chi connectivity index (χ1) is 8.81. The maximum absolute atomic E-state index is 11.7. The van der Waals surface area contributed by atoms with Gasteiger partial charge in [-0.2, -0.15) is 0 Å². The molecule has 0 aliphatic rings. The van der Waals surface area contributed by atoms with Crippen LogP contribution in [0, 0.1) is 0 Å². The number of nitrogens with one attached hydrogen (secondary N) is 1. The number of amides is 1. The molecule has 94 valence electrons. The molecule has 1 amide bonds. The van der Waals surface area contributed by atoms with E-state index in [4.69, 9.17) is 9.57 Å². The zero-order chi connectivity index (χ0) is 12.8. The minimum atomic E-state index is -0.427. The smallest absolute Gasteiger partial charge is 0.295 e. The van der Waals surface area contributed by atoms with Gasteiger partial charge in [0.25, 0.3) is 5.91 Å². The molecule has 0 spiro atoms. The molecule has 0 fully saturated rings. The molecule has 0 unspecified atom stereocenters. The molecule has 2 rings (SSSR count). The SMILES string of the molecule is COCCONC(=O)c1cnc2ccccc2n1. The van der Waals surface area contributed by atoms with Crippen molar-refractivity contribution in [2.75, 3.05) is 20.3 Å². The van der Waals surface area contributed by atoms with Crippen LogP contribution in [0.4, 0.5) is 0 Å². The monoisotopic (exact) mass is 247 g/mol. The first-order valence-corrected chi connectivity index (χ1v) is 5.44. The molecule has 0 saturated heterocycles. The van der Waals surface area contributed by atoms with Crippen molar-refractivity contribution in [3.05, 3.63) is 36.2 Å². The Bertz CT molecular complexity index is 545. The van der Waals surface area contributed by atoms with Crippen molar-refractivity contribution in [1.82, 2.24) is 15.4 Å². The fraction of sp³-hybridized carbons (Fsp3) is 0.250. The van der Waals surface area contributed by atoms with Gasteiger partial charge in [0.05, 0.1) is 30.4 Å². The predicted octanol–water partition coefficient (Wildman–Crippen LogP) is 0.938. The average Bonchev–Trinajstić information content (AvgIpc) is 2.43. The fourth-order valence-corrected chi connectivity index (χ4v) is 1.36. The summed E-state index contributed by atoms with van der Waals surface area (Å²) in [5.74, 6) is -0.427. The van der Waals surface area contributed by atoms with Crippen LogP contribution in [0.25, 0.3) is 11.0 Å². The summed E-state index contributed by atoms with van der Waals surface area (Å²) < 4.78 is 4.78. The van der Waals surface area contributed by atoms with Gasteiger partial charge in [-0.25, -0.2) is 10.5 Å². The van der Waals surface area contributed by atoms with Crippen LogP contribution in [-0.4, -0.2) is 36.2 Å². The molecule has 0 saturated carbocycles. The van der Waals surface area contributed by atoms with Crippen LogP contribution in [0.3, 0.4) is 0 Å². The fourth-order valence-electron chi connectivity index (χ4n) is 1.36. The second-order valence-corrected chi connectivity index (χ2v) is 3.52. The first kappa shape index (κ1) is 12.4. The van der Waals surface area contributed by atoms with E-state index >= 15 is 0 Å². The summed E-state index contributed by atoms with van der Waals surface area (Å²) in [4.78, 5) is 24.9. The van der Waals surface area contributed by atoms with Gasteiger partial charge >= 0.3 is 0 Å². The van der Waals surface area contributed by atoms with E-state index in [1.807, 2.05) is 18.2 Å². The molecule has 18 heavy (non-hydrogen) atoms. The van der Waals surface area contributed by atoms with Gasteiger partial charge in [-0.3, -0.25) is 14.6 Å².